The molecule has 0 saturated carbocycles. The maximum atomic E-state index is 13.1. The third-order valence-corrected chi connectivity index (χ3v) is 6.63. The van der Waals surface area contributed by atoms with Crippen LogP contribution >= 0.6 is 23.7 Å². The highest BCUT2D eigenvalue weighted by atomic mass is 32.2. The molecule has 1 unspecified atom stereocenters. The zero-order valence-corrected chi connectivity index (χ0v) is 19.1. The van der Waals surface area contributed by atoms with Crippen LogP contribution in [0.4, 0.5) is 4.79 Å². The highest BCUT2D eigenvalue weighted by molar-refractivity contribution is 8.13. The average Bonchev–Trinajstić information content (AvgIpc) is 3.25. The Bertz CT molecular complexity index is 896. The van der Waals surface area contributed by atoms with Crippen molar-refractivity contribution >= 4 is 41.3 Å². The molecular formula is C22H26N4O3S2. The molecule has 7 nitrogen and oxygen atoms in total. The van der Waals surface area contributed by atoms with Gasteiger partial charge in [0.2, 0.25) is 0 Å². The summed E-state index contributed by atoms with van der Waals surface area (Å²) in [6, 6.07) is 18.4. The van der Waals surface area contributed by atoms with E-state index in [0.29, 0.717) is 5.75 Å². The van der Waals surface area contributed by atoms with Crippen molar-refractivity contribution in [2.24, 2.45) is 16.8 Å². The molecule has 0 bridgehead atoms. The van der Waals surface area contributed by atoms with E-state index in [1.807, 2.05) is 74.5 Å². The summed E-state index contributed by atoms with van der Waals surface area (Å²) >= 11 is 2.68. The van der Waals surface area contributed by atoms with E-state index in [9.17, 15) is 9.59 Å². The van der Waals surface area contributed by atoms with E-state index in [2.05, 4.69) is 5.10 Å². The lowest BCUT2D eigenvalue weighted by Gasteiger charge is -2.32. The second kappa shape index (κ2) is 11.2. The number of nitrogens with zero attached hydrogens (tertiary/aromatic N) is 3. The van der Waals surface area contributed by atoms with Crippen LogP contribution in [0.2, 0.25) is 0 Å². The molecular weight excluding hydrogens is 432 g/mol. The summed E-state index contributed by atoms with van der Waals surface area (Å²) in [6.07, 6.45) is -0.738. The minimum absolute atomic E-state index is 0.0653. The number of hydrogen-bond acceptors (Lipinski definition) is 8. The summed E-state index contributed by atoms with van der Waals surface area (Å²) < 4.78 is 7.12. The summed E-state index contributed by atoms with van der Waals surface area (Å²) in [7, 11) is 0. The lowest BCUT2D eigenvalue weighted by Crippen LogP contribution is -2.54. The van der Waals surface area contributed by atoms with Gasteiger partial charge in [-0.3, -0.25) is 4.79 Å². The van der Waals surface area contributed by atoms with E-state index >= 15 is 0 Å². The van der Waals surface area contributed by atoms with Gasteiger partial charge < -0.3 is 10.5 Å². The first kappa shape index (κ1) is 23.2. The summed E-state index contributed by atoms with van der Waals surface area (Å²) in [5, 5.41) is 4.33. The number of rotatable bonds is 8. The standard InChI is InChI=1S/C22H26N4O3S2/c1-16(2)19(23)20(27)25(22(28)29-13-17-9-5-3-6-10-17)21-26(24-15-30-21)31-14-18-11-7-4-8-12-18/h3-12,15-16,19,21H,13-14,23H2,1-2H3/t19-,21?/m0/s1. The van der Waals surface area contributed by atoms with Crippen molar-refractivity contribution < 1.29 is 14.3 Å². The van der Waals surface area contributed by atoms with Gasteiger partial charge in [0.05, 0.1) is 11.6 Å². The number of nitrogens with two attached hydrogens (primary N) is 1. The van der Waals surface area contributed by atoms with Crippen molar-refractivity contribution in [3.8, 4) is 0 Å². The Morgan fingerprint density at radius 1 is 1.13 bits per heavy atom. The smallest absolute Gasteiger partial charge is 0.419 e. The van der Waals surface area contributed by atoms with Gasteiger partial charge in [0.1, 0.15) is 6.61 Å². The number of carbonyl (C=O) groups excluding carboxylic acids is 2. The maximum Gasteiger partial charge on any atom is 0.419 e. The molecule has 9 heteroatoms. The van der Waals surface area contributed by atoms with Crippen LogP contribution in [0.3, 0.4) is 0 Å². The van der Waals surface area contributed by atoms with Gasteiger partial charge in [0.15, 0.2) is 5.50 Å². The van der Waals surface area contributed by atoms with E-state index in [4.69, 9.17) is 10.5 Å². The van der Waals surface area contributed by atoms with Crippen LogP contribution in [0.25, 0.3) is 0 Å². The molecule has 2 N–H and O–H groups in total. The highest BCUT2D eigenvalue weighted by Crippen LogP contribution is 2.33. The number of ether oxygens (including phenoxy) is 1. The van der Waals surface area contributed by atoms with Crippen LogP contribution in [-0.4, -0.2) is 38.4 Å². The van der Waals surface area contributed by atoms with Crippen LogP contribution < -0.4 is 5.73 Å². The van der Waals surface area contributed by atoms with Crippen molar-refractivity contribution in [3.05, 3.63) is 71.8 Å². The van der Waals surface area contributed by atoms with E-state index in [1.54, 1.807) is 9.96 Å². The molecule has 2 amide bonds. The molecule has 1 aliphatic heterocycles. The highest BCUT2D eigenvalue weighted by Gasteiger charge is 2.40. The molecule has 2 atom stereocenters. The van der Waals surface area contributed by atoms with E-state index in [-0.39, 0.29) is 12.5 Å². The lowest BCUT2D eigenvalue weighted by molar-refractivity contribution is -0.133. The van der Waals surface area contributed by atoms with Crippen molar-refractivity contribution in [3.63, 3.8) is 0 Å². The van der Waals surface area contributed by atoms with Crippen LogP contribution in [0.15, 0.2) is 65.8 Å². The second-order valence-corrected chi connectivity index (χ2v) is 9.09. The Balaban J connectivity index is 1.74. The quantitative estimate of drug-likeness (QED) is 0.591. The largest absolute Gasteiger partial charge is 0.444 e. The number of hydrazone groups is 1. The number of hydrogen-bond donors (Lipinski definition) is 1. The molecule has 2 aromatic rings. The molecule has 1 heterocycles. The Hall–Kier alpha value is -2.49. The Kier molecular flexibility index (Phi) is 8.39. The summed E-state index contributed by atoms with van der Waals surface area (Å²) in [4.78, 5) is 27.2. The van der Waals surface area contributed by atoms with Gasteiger partial charge in [-0.15, -0.1) is 0 Å². The van der Waals surface area contributed by atoms with Crippen molar-refractivity contribution in [1.82, 2.24) is 9.31 Å². The number of amides is 2. The number of benzene rings is 2. The molecule has 2 aromatic carbocycles. The predicted molar refractivity (Wildman–Crippen MR) is 126 cm³/mol. The van der Waals surface area contributed by atoms with Crippen molar-refractivity contribution in [1.29, 1.82) is 0 Å². The Labute approximate surface area is 191 Å². The van der Waals surface area contributed by atoms with E-state index in [1.165, 1.54) is 23.7 Å². The first-order valence-corrected chi connectivity index (χ1v) is 11.8. The van der Waals surface area contributed by atoms with Gasteiger partial charge >= 0.3 is 6.09 Å². The maximum absolute atomic E-state index is 13.1. The van der Waals surface area contributed by atoms with Crippen LogP contribution in [0.1, 0.15) is 25.0 Å². The fourth-order valence-corrected chi connectivity index (χ4v) is 4.67. The van der Waals surface area contributed by atoms with Crippen LogP contribution in [0.5, 0.6) is 0 Å². The molecule has 0 spiro atoms. The fraction of sp³-hybridized carbons (Fsp3) is 0.318. The minimum atomic E-state index is -0.827. The third-order valence-electron chi connectivity index (χ3n) is 4.60. The molecule has 3 rings (SSSR count). The van der Waals surface area contributed by atoms with Gasteiger partial charge in [-0.1, -0.05) is 86.3 Å². The van der Waals surface area contributed by atoms with Gasteiger partial charge in [0.25, 0.3) is 5.91 Å². The Morgan fingerprint density at radius 3 is 2.35 bits per heavy atom. The molecule has 0 aliphatic carbocycles. The zero-order valence-electron chi connectivity index (χ0n) is 17.5. The number of imide groups is 1. The average molecular weight is 459 g/mol. The topological polar surface area (TPSA) is 88.2 Å². The molecule has 164 valence electrons. The van der Waals surface area contributed by atoms with Gasteiger partial charge in [-0.25, -0.2) is 14.1 Å². The molecule has 0 fully saturated rings. The van der Waals surface area contributed by atoms with Gasteiger partial charge in [0, 0.05) is 5.75 Å². The van der Waals surface area contributed by atoms with Crippen LogP contribution in [0, 0.1) is 5.92 Å². The monoisotopic (exact) mass is 458 g/mol. The first-order chi connectivity index (χ1) is 15.0. The third kappa shape index (κ3) is 6.25. The molecule has 0 aromatic heterocycles. The van der Waals surface area contributed by atoms with Crippen LogP contribution in [-0.2, 0) is 21.9 Å². The van der Waals surface area contributed by atoms with E-state index < -0.39 is 23.5 Å². The normalized spacial score (nSPS) is 16.4. The summed E-state index contributed by atoms with van der Waals surface area (Å²) in [5.41, 5.74) is 9.01. The molecule has 1 aliphatic rings. The SMILES string of the molecule is CC(C)[C@H](N)C(=O)N(C(=O)OCc1ccccc1)C1SC=NN1SCc1ccccc1. The van der Waals surface area contributed by atoms with E-state index in [0.717, 1.165) is 16.0 Å². The molecule has 31 heavy (non-hydrogen) atoms. The lowest BCUT2D eigenvalue weighted by atomic mass is 10.0. The fourth-order valence-electron chi connectivity index (χ4n) is 2.73. The molecule has 0 saturated heterocycles. The van der Waals surface area contributed by atoms with Gasteiger partial charge in [-0.05, 0) is 29.0 Å². The molecule has 0 radical (unpaired) electrons. The number of thioether (sulfide) groups is 1. The minimum Gasteiger partial charge on any atom is -0.444 e. The second-order valence-electron chi connectivity index (χ2n) is 7.26. The van der Waals surface area contributed by atoms with Crippen molar-refractivity contribution in [2.75, 3.05) is 0 Å². The Morgan fingerprint density at radius 2 is 1.74 bits per heavy atom. The van der Waals surface area contributed by atoms with Crippen molar-refractivity contribution in [2.45, 2.75) is 37.7 Å². The van der Waals surface area contributed by atoms with Gasteiger partial charge in [-0.2, -0.15) is 5.10 Å². The number of carbonyl (C=O) groups is 2. The summed E-state index contributed by atoms with van der Waals surface area (Å²) in [5.74, 6) is 0.0306. The summed E-state index contributed by atoms with van der Waals surface area (Å²) in [6.45, 7) is 3.75. The first-order valence-electron chi connectivity index (χ1n) is 9.90. The predicted octanol–water partition coefficient (Wildman–Crippen LogP) is 4.26. The zero-order chi connectivity index (χ0) is 22.2.